The van der Waals surface area contributed by atoms with E-state index in [0.29, 0.717) is 0 Å². The summed E-state index contributed by atoms with van der Waals surface area (Å²) in [7, 11) is 0. The Hall–Kier alpha value is -3.20. The van der Waals surface area contributed by atoms with Crippen LogP contribution in [-0.2, 0) is 18.0 Å². The third kappa shape index (κ3) is 4.25. The molecule has 2 aromatic carbocycles. The van der Waals surface area contributed by atoms with Crippen molar-refractivity contribution in [3.63, 3.8) is 0 Å². The zero-order valence-electron chi connectivity index (χ0n) is 15.4. The Kier molecular flexibility index (Phi) is 6.07. The number of halogens is 12. The van der Waals surface area contributed by atoms with Crippen molar-refractivity contribution in [1.29, 1.82) is 0 Å². The fourth-order valence-corrected chi connectivity index (χ4v) is 2.92. The van der Waals surface area contributed by atoms with Crippen LogP contribution in [0.1, 0.15) is 16.7 Å². The maximum absolute atomic E-state index is 14.8. The van der Waals surface area contributed by atoms with Crippen LogP contribution in [0.5, 0.6) is 11.5 Å². The maximum Gasteiger partial charge on any atom is 0.432 e. The predicted molar refractivity (Wildman–Crippen MR) is 88.9 cm³/mol. The van der Waals surface area contributed by atoms with Gasteiger partial charge < -0.3 is 21.7 Å². The molecular formula is C17H10F12N2O2. The van der Waals surface area contributed by atoms with Gasteiger partial charge in [-0.25, -0.2) is 13.2 Å². The highest BCUT2D eigenvalue weighted by Crippen LogP contribution is 2.55. The lowest BCUT2D eigenvalue weighted by molar-refractivity contribution is -0.274. The number of anilines is 2. The minimum atomic E-state index is -6.61. The summed E-state index contributed by atoms with van der Waals surface area (Å²) >= 11 is 0. The summed E-state index contributed by atoms with van der Waals surface area (Å²) < 4.78 is 160. The first-order chi connectivity index (χ1) is 14.7. The molecule has 6 N–H and O–H groups in total. The Labute approximate surface area is 175 Å². The van der Waals surface area contributed by atoms with Gasteiger partial charge in [-0.1, -0.05) is 0 Å². The SMILES string of the molecule is Nc1c(O)cc(-c2c(C(F)(C(F)F)C(F)(F)F)cc(C(F)(F)F)c(O)c2N)cc1C(F)(F)F. The van der Waals surface area contributed by atoms with Crippen LogP contribution in [0.15, 0.2) is 18.2 Å². The summed E-state index contributed by atoms with van der Waals surface area (Å²) in [6.07, 6.45) is -22.9. The lowest BCUT2D eigenvalue weighted by Crippen LogP contribution is -2.45. The topological polar surface area (TPSA) is 92.5 Å². The molecule has 0 saturated carbocycles. The van der Waals surface area contributed by atoms with E-state index in [1.165, 1.54) is 0 Å². The van der Waals surface area contributed by atoms with E-state index in [-0.39, 0.29) is 12.1 Å². The molecule has 4 nitrogen and oxygen atoms in total. The van der Waals surface area contributed by atoms with Gasteiger partial charge in [0.15, 0.2) is 5.75 Å². The molecule has 0 heterocycles. The van der Waals surface area contributed by atoms with Gasteiger partial charge in [-0.3, -0.25) is 0 Å². The Bertz CT molecular complexity index is 1080. The fourth-order valence-electron chi connectivity index (χ4n) is 2.92. The summed E-state index contributed by atoms with van der Waals surface area (Å²) in [6, 6.07) is -0.894. The van der Waals surface area contributed by atoms with Gasteiger partial charge in [-0.15, -0.1) is 0 Å². The monoisotopic (exact) mass is 502 g/mol. The molecule has 16 heteroatoms. The number of alkyl halides is 12. The molecule has 0 aromatic heterocycles. The fraction of sp³-hybridized carbons (Fsp3) is 0.294. The molecule has 0 radical (unpaired) electrons. The standard InChI is InChI=1S/C17H10F12N2O2/c18-13(19)14(20,17(27,28)29)5-3-7(16(24,25)26)12(33)11(31)9(5)4-1-6(15(21,22)23)10(30)8(32)2-4/h1-3,13,32-33H,30-31H2. The second-order valence-corrected chi connectivity index (χ2v) is 6.57. The number of aromatic hydroxyl groups is 2. The van der Waals surface area contributed by atoms with Crippen LogP contribution >= 0.6 is 0 Å². The van der Waals surface area contributed by atoms with Gasteiger partial charge in [-0.2, -0.15) is 39.5 Å². The summed E-state index contributed by atoms with van der Waals surface area (Å²) in [5.74, 6) is -3.58. The van der Waals surface area contributed by atoms with Gasteiger partial charge in [0.2, 0.25) is 0 Å². The predicted octanol–water partition coefficient (Wildman–Crippen LogP) is 5.96. The Balaban J connectivity index is 3.17. The van der Waals surface area contributed by atoms with Crippen LogP contribution in [0, 0.1) is 0 Å². The van der Waals surface area contributed by atoms with Crippen LogP contribution in [0.3, 0.4) is 0 Å². The van der Waals surface area contributed by atoms with Gasteiger partial charge in [0, 0.05) is 11.1 Å². The Morgan fingerprint density at radius 2 is 1.15 bits per heavy atom. The quantitative estimate of drug-likeness (QED) is 0.237. The van der Waals surface area contributed by atoms with E-state index in [9.17, 15) is 62.9 Å². The smallest absolute Gasteiger partial charge is 0.432 e. The van der Waals surface area contributed by atoms with Crippen LogP contribution in [-0.4, -0.2) is 22.8 Å². The zero-order valence-corrected chi connectivity index (χ0v) is 15.4. The summed E-state index contributed by atoms with van der Waals surface area (Å²) in [5.41, 5.74) is -9.06. The van der Waals surface area contributed by atoms with Crippen molar-refractivity contribution in [3.8, 4) is 22.6 Å². The molecule has 0 saturated heterocycles. The van der Waals surface area contributed by atoms with Crippen molar-refractivity contribution in [2.75, 3.05) is 11.5 Å². The van der Waals surface area contributed by atoms with Gasteiger partial charge >= 0.3 is 18.5 Å². The second kappa shape index (κ2) is 7.69. The van der Waals surface area contributed by atoms with Crippen molar-refractivity contribution < 1.29 is 62.9 Å². The molecule has 0 aliphatic heterocycles. The van der Waals surface area contributed by atoms with Gasteiger partial charge in [-0.05, 0) is 23.8 Å². The molecule has 0 fully saturated rings. The first-order valence-corrected chi connectivity index (χ1v) is 8.12. The average molecular weight is 502 g/mol. The summed E-state index contributed by atoms with van der Waals surface area (Å²) in [4.78, 5) is 0. The Morgan fingerprint density at radius 1 is 0.667 bits per heavy atom. The van der Waals surface area contributed by atoms with Crippen LogP contribution < -0.4 is 11.5 Å². The minimum Gasteiger partial charge on any atom is -0.506 e. The number of phenolic OH excluding ortho intramolecular Hbond substituents is 2. The van der Waals surface area contributed by atoms with Crippen molar-refractivity contribution in [2.45, 2.75) is 30.6 Å². The average Bonchev–Trinajstić information content (AvgIpc) is 2.62. The van der Waals surface area contributed by atoms with Crippen molar-refractivity contribution in [3.05, 3.63) is 34.9 Å². The van der Waals surface area contributed by atoms with E-state index in [1.54, 1.807) is 0 Å². The third-order valence-electron chi connectivity index (χ3n) is 4.50. The lowest BCUT2D eigenvalue weighted by Gasteiger charge is -2.31. The van der Waals surface area contributed by atoms with Gasteiger partial charge in [0.05, 0.1) is 22.5 Å². The molecule has 1 unspecified atom stereocenters. The molecule has 0 aliphatic rings. The molecule has 0 bridgehead atoms. The third-order valence-corrected chi connectivity index (χ3v) is 4.50. The van der Waals surface area contributed by atoms with E-state index in [2.05, 4.69) is 0 Å². The molecule has 0 spiro atoms. The molecule has 2 rings (SSSR count). The highest BCUT2D eigenvalue weighted by atomic mass is 19.4. The van der Waals surface area contributed by atoms with Crippen molar-refractivity contribution in [2.24, 2.45) is 0 Å². The molecule has 184 valence electrons. The molecule has 1 atom stereocenters. The van der Waals surface area contributed by atoms with Crippen molar-refractivity contribution >= 4 is 11.4 Å². The van der Waals surface area contributed by atoms with Crippen LogP contribution in [0.2, 0.25) is 0 Å². The Morgan fingerprint density at radius 3 is 1.55 bits per heavy atom. The van der Waals surface area contributed by atoms with E-state index < -0.39 is 87.4 Å². The van der Waals surface area contributed by atoms with Crippen molar-refractivity contribution in [1.82, 2.24) is 0 Å². The van der Waals surface area contributed by atoms with Gasteiger partial charge in [0.1, 0.15) is 5.75 Å². The molecule has 0 aliphatic carbocycles. The van der Waals surface area contributed by atoms with E-state index in [0.717, 1.165) is 0 Å². The van der Waals surface area contributed by atoms with Gasteiger partial charge in [0.25, 0.3) is 12.1 Å². The largest absolute Gasteiger partial charge is 0.506 e. The van der Waals surface area contributed by atoms with Crippen LogP contribution in [0.25, 0.3) is 11.1 Å². The number of hydrogen-bond acceptors (Lipinski definition) is 4. The molecule has 2 aromatic rings. The first kappa shape index (κ1) is 26.1. The van der Waals surface area contributed by atoms with E-state index in [1.807, 2.05) is 0 Å². The first-order valence-electron chi connectivity index (χ1n) is 8.12. The minimum absolute atomic E-state index is 0.120. The molecule has 33 heavy (non-hydrogen) atoms. The number of phenols is 2. The molecular weight excluding hydrogens is 492 g/mol. The van der Waals surface area contributed by atoms with Crippen LogP contribution in [0.4, 0.5) is 64.1 Å². The lowest BCUT2D eigenvalue weighted by atomic mass is 9.84. The summed E-state index contributed by atoms with van der Waals surface area (Å²) in [6.45, 7) is 0. The number of nitrogen functional groups attached to an aromatic ring is 2. The normalized spacial score (nSPS) is 15.1. The van der Waals surface area contributed by atoms with E-state index in [4.69, 9.17) is 11.5 Å². The number of hydrogen-bond donors (Lipinski definition) is 4. The summed E-state index contributed by atoms with van der Waals surface area (Å²) in [5, 5.41) is 19.4. The maximum atomic E-state index is 14.8. The number of rotatable bonds is 3. The number of nitrogens with two attached hydrogens (primary N) is 2. The van der Waals surface area contributed by atoms with E-state index >= 15 is 0 Å². The zero-order chi connectivity index (χ0) is 25.9. The molecule has 0 amide bonds. The second-order valence-electron chi connectivity index (χ2n) is 6.57. The highest BCUT2D eigenvalue weighted by molar-refractivity contribution is 5.87. The highest BCUT2D eigenvalue weighted by Gasteiger charge is 2.65. The number of benzene rings is 2.